The molecule has 2 aromatic carbocycles. The predicted octanol–water partition coefficient (Wildman–Crippen LogP) is 3.78. The summed E-state index contributed by atoms with van der Waals surface area (Å²) >= 11 is 3.31. The number of halogens is 3. The molecule has 0 radical (unpaired) electrons. The number of rotatable bonds is 4. The van der Waals surface area contributed by atoms with E-state index in [0.717, 1.165) is 28.4 Å². The number of benzene rings is 2. The molecule has 0 aromatic heterocycles. The van der Waals surface area contributed by atoms with Crippen LogP contribution in [0.2, 0.25) is 0 Å². The van der Waals surface area contributed by atoms with Crippen LogP contribution in [0.15, 0.2) is 46.9 Å². The monoisotopic (exact) mass is 340 g/mol. The standard InChI is InChI=1S/C14H11BrF2N2O/c15-9-1-3-12(4-2-9)18-8-14(20)19-13-6-10(16)5-11(17)7-13/h1-7,18H,8H2,(H,19,20). The van der Waals surface area contributed by atoms with Gasteiger partial charge in [0.2, 0.25) is 5.91 Å². The second-order valence-electron chi connectivity index (χ2n) is 4.07. The highest BCUT2D eigenvalue weighted by Gasteiger charge is 2.05. The van der Waals surface area contributed by atoms with Gasteiger partial charge in [-0.2, -0.15) is 0 Å². The third-order valence-electron chi connectivity index (χ3n) is 2.44. The van der Waals surface area contributed by atoms with E-state index in [2.05, 4.69) is 26.6 Å². The molecule has 2 N–H and O–H groups in total. The normalized spacial score (nSPS) is 10.2. The van der Waals surface area contributed by atoms with Crippen LogP contribution in [0.25, 0.3) is 0 Å². The zero-order valence-corrected chi connectivity index (χ0v) is 11.9. The molecule has 2 rings (SSSR count). The molecule has 1 amide bonds. The van der Waals surface area contributed by atoms with Crippen LogP contribution in [-0.2, 0) is 4.79 Å². The topological polar surface area (TPSA) is 41.1 Å². The summed E-state index contributed by atoms with van der Waals surface area (Å²) < 4.78 is 26.8. The third kappa shape index (κ3) is 4.31. The maximum atomic E-state index is 13.0. The summed E-state index contributed by atoms with van der Waals surface area (Å²) in [6.07, 6.45) is 0. The van der Waals surface area contributed by atoms with Gasteiger partial charge in [-0.05, 0) is 36.4 Å². The molecule has 0 fully saturated rings. The van der Waals surface area contributed by atoms with E-state index < -0.39 is 17.5 Å². The van der Waals surface area contributed by atoms with E-state index in [-0.39, 0.29) is 12.2 Å². The summed E-state index contributed by atoms with van der Waals surface area (Å²) in [5, 5.41) is 5.32. The molecule has 0 aliphatic rings. The van der Waals surface area contributed by atoms with Crippen molar-refractivity contribution in [3.05, 3.63) is 58.6 Å². The van der Waals surface area contributed by atoms with Crippen molar-refractivity contribution in [2.75, 3.05) is 17.2 Å². The number of amides is 1. The zero-order chi connectivity index (χ0) is 14.5. The Morgan fingerprint density at radius 2 is 1.60 bits per heavy atom. The number of carbonyl (C=O) groups excluding carboxylic acids is 1. The van der Waals surface area contributed by atoms with Crippen molar-refractivity contribution in [2.24, 2.45) is 0 Å². The Morgan fingerprint density at radius 3 is 2.20 bits per heavy atom. The number of anilines is 2. The average Bonchev–Trinajstić information content (AvgIpc) is 2.37. The minimum Gasteiger partial charge on any atom is -0.376 e. The lowest BCUT2D eigenvalue weighted by Gasteiger charge is -2.08. The molecule has 3 nitrogen and oxygen atoms in total. The summed E-state index contributed by atoms with van der Waals surface area (Å²) in [6.45, 7) is -0.000233. The maximum Gasteiger partial charge on any atom is 0.243 e. The van der Waals surface area contributed by atoms with Crippen molar-refractivity contribution < 1.29 is 13.6 Å². The van der Waals surface area contributed by atoms with Gasteiger partial charge in [-0.25, -0.2) is 8.78 Å². The summed E-state index contributed by atoms with van der Waals surface area (Å²) in [7, 11) is 0. The fourth-order valence-corrected chi connectivity index (χ4v) is 1.85. The van der Waals surface area contributed by atoms with Crippen molar-refractivity contribution in [3.8, 4) is 0 Å². The fourth-order valence-electron chi connectivity index (χ4n) is 1.58. The smallest absolute Gasteiger partial charge is 0.243 e. The van der Waals surface area contributed by atoms with E-state index >= 15 is 0 Å². The Labute approximate surface area is 123 Å². The van der Waals surface area contributed by atoms with Gasteiger partial charge >= 0.3 is 0 Å². The number of hydrogen-bond acceptors (Lipinski definition) is 2. The molecule has 0 saturated carbocycles. The van der Waals surface area contributed by atoms with Crippen molar-refractivity contribution in [2.45, 2.75) is 0 Å². The van der Waals surface area contributed by atoms with Crippen LogP contribution in [0, 0.1) is 11.6 Å². The van der Waals surface area contributed by atoms with E-state index in [1.165, 1.54) is 0 Å². The van der Waals surface area contributed by atoms with Crippen LogP contribution in [0.4, 0.5) is 20.2 Å². The van der Waals surface area contributed by atoms with Gasteiger partial charge in [0.05, 0.1) is 6.54 Å². The Balaban J connectivity index is 1.90. The first-order valence-corrected chi connectivity index (χ1v) is 6.57. The SMILES string of the molecule is O=C(CNc1ccc(Br)cc1)Nc1cc(F)cc(F)c1. The molecule has 0 heterocycles. The van der Waals surface area contributed by atoms with Crippen LogP contribution >= 0.6 is 15.9 Å². The summed E-state index contributed by atoms with van der Waals surface area (Å²) in [5.74, 6) is -1.86. The van der Waals surface area contributed by atoms with Gasteiger partial charge in [0.1, 0.15) is 11.6 Å². The van der Waals surface area contributed by atoms with Crippen molar-refractivity contribution in [1.82, 2.24) is 0 Å². The first-order chi connectivity index (χ1) is 9.52. The second kappa shape index (κ2) is 6.47. The molecule has 0 saturated heterocycles. The van der Waals surface area contributed by atoms with Crippen LogP contribution in [0.5, 0.6) is 0 Å². The maximum absolute atomic E-state index is 13.0. The fraction of sp³-hybridized carbons (Fsp3) is 0.0714. The zero-order valence-electron chi connectivity index (χ0n) is 10.3. The Hall–Kier alpha value is -1.95. The second-order valence-corrected chi connectivity index (χ2v) is 4.98. The molecule has 20 heavy (non-hydrogen) atoms. The summed E-state index contributed by atoms with van der Waals surface area (Å²) in [6, 6.07) is 10.1. The molecule has 6 heteroatoms. The van der Waals surface area contributed by atoms with Gasteiger partial charge in [-0.15, -0.1) is 0 Å². The minimum atomic E-state index is -0.735. The highest BCUT2D eigenvalue weighted by molar-refractivity contribution is 9.10. The number of hydrogen-bond donors (Lipinski definition) is 2. The average molecular weight is 341 g/mol. The third-order valence-corrected chi connectivity index (χ3v) is 2.97. The van der Waals surface area contributed by atoms with Crippen LogP contribution in [-0.4, -0.2) is 12.5 Å². The van der Waals surface area contributed by atoms with Crippen LogP contribution in [0.3, 0.4) is 0 Å². The molecular weight excluding hydrogens is 330 g/mol. The van der Waals surface area contributed by atoms with Gasteiger partial charge in [-0.3, -0.25) is 4.79 Å². The molecule has 0 aliphatic carbocycles. The number of nitrogens with one attached hydrogen (secondary N) is 2. The lowest BCUT2D eigenvalue weighted by atomic mass is 10.3. The van der Waals surface area contributed by atoms with Gasteiger partial charge in [0.15, 0.2) is 0 Å². The molecule has 2 aromatic rings. The molecule has 0 aliphatic heterocycles. The Kier molecular flexibility index (Phi) is 4.68. The quantitative estimate of drug-likeness (QED) is 0.889. The van der Waals surface area contributed by atoms with E-state index in [0.29, 0.717) is 0 Å². The van der Waals surface area contributed by atoms with E-state index in [4.69, 9.17) is 0 Å². The minimum absolute atomic E-state index is 0.000233. The van der Waals surface area contributed by atoms with Crippen molar-refractivity contribution in [3.63, 3.8) is 0 Å². The molecular formula is C14H11BrF2N2O. The molecule has 0 bridgehead atoms. The lowest BCUT2D eigenvalue weighted by molar-refractivity contribution is -0.114. The first kappa shape index (κ1) is 14.5. The predicted molar refractivity (Wildman–Crippen MR) is 77.6 cm³/mol. The first-order valence-electron chi connectivity index (χ1n) is 5.78. The lowest BCUT2D eigenvalue weighted by Crippen LogP contribution is -2.21. The molecule has 0 unspecified atom stereocenters. The molecule has 104 valence electrons. The largest absolute Gasteiger partial charge is 0.376 e. The van der Waals surface area contributed by atoms with Crippen LogP contribution < -0.4 is 10.6 Å². The number of carbonyl (C=O) groups is 1. The van der Waals surface area contributed by atoms with Gasteiger partial charge in [-0.1, -0.05) is 15.9 Å². The van der Waals surface area contributed by atoms with Gasteiger partial charge in [0.25, 0.3) is 0 Å². The summed E-state index contributed by atoms with van der Waals surface area (Å²) in [5.41, 5.74) is 0.860. The van der Waals surface area contributed by atoms with Crippen molar-refractivity contribution in [1.29, 1.82) is 0 Å². The molecule has 0 spiro atoms. The summed E-state index contributed by atoms with van der Waals surface area (Å²) in [4.78, 5) is 11.6. The highest BCUT2D eigenvalue weighted by Crippen LogP contribution is 2.15. The molecule has 0 atom stereocenters. The van der Waals surface area contributed by atoms with Gasteiger partial charge < -0.3 is 10.6 Å². The van der Waals surface area contributed by atoms with E-state index in [1.54, 1.807) is 12.1 Å². The van der Waals surface area contributed by atoms with E-state index in [9.17, 15) is 13.6 Å². The van der Waals surface area contributed by atoms with Gasteiger partial charge in [0, 0.05) is 21.9 Å². The van der Waals surface area contributed by atoms with Crippen LogP contribution in [0.1, 0.15) is 0 Å². The Bertz CT molecular complexity index is 597. The highest BCUT2D eigenvalue weighted by atomic mass is 79.9. The van der Waals surface area contributed by atoms with E-state index in [1.807, 2.05) is 12.1 Å². The Morgan fingerprint density at radius 1 is 1.00 bits per heavy atom. The van der Waals surface area contributed by atoms with Crippen molar-refractivity contribution >= 4 is 33.2 Å².